The molecule has 11 heteroatoms. The van der Waals surface area contributed by atoms with Crippen LogP contribution in [0.4, 0.5) is 10.1 Å². The molecule has 8 nitrogen and oxygen atoms in total. The summed E-state index contributed by atoms with van der Waals surface area (Å²) in [5.41, 5.74) is 0.925. The van der Waals surface area contributed by atoms with Gasteiger partial charge in [-0.2, -0.15) is 12.7 Å². The van der Waals surface area contributed by atoms with E-state index in [4.69, 9.17) is 0 Å². The number of anilines is 1. The number of hydrogen-bond donors (Lipinski definition) is 1. The summed E-state index contributed by atoms with van der Waals surface area (Å²) >= 11 is 3.43. The average molecular weight is 598 g/mol. The van der Waals surface area contributed by atoms with Gasteiger partial charge < -0.3 is 10.2 Å². The SMILES string of the molecule is C[C@@H](C(=O)NC1CCCCC1)N(Cc1cccc(Br)c1)C(=O)CN(c1ccc(F)cc1)S(=O)(=O)N(C)C. The van der Waals surface area contributed by atoms with E-state index in [1.54, 1.807) is 6.92 Å². The monoisotopic (exact) mass is 596 g/mol. The highest BCUT2D eigenvalue weighted by Gasteiger charge is 2.33. The van der Waals surface area contributed by atoms with E-state index in [9.17, 15) is 22.4 Å². The molecule has 1 saturated carbocycles. The number of amides is 2. The number of rotatable bonds is 10. The van der Waals surface area contributed by atoms with E-state index in [1.165, 1.54) is 31.1 Å². The molecule has 1 aliphatic carbocycles. The minimum Gasteiger partial charge on any atom is -0.352 e. The van der Waals surface area contributed by atoms with Crippen LogP contribution in [0.2, 0.25) is 0 Å². The smallest absolute Gasteiger partial charge is 0.304 e. The molecule has 1 fully saturated rings. The quantitative estimate of drug-likeness (QED) is 0.448. The lowest BCUT2D eigenvalue weighted by Crippen LogP contribution is -2.53. The van der Waals surface area contributed by atoms with Crippen molar-refractivity contribution in [3.05, 3.63) is 64.4 Å². The van der Waals surface area contributed by atoms with E-state index in [-0.39, 0.29) is 24.2 Å². The van der Waals surface area contributed by atoms with Gasteiger partial charge in [-0.3, -0.25) is 9.59 Å². The van der Waals surface area contributed by atoms with Crippen LogP contribution < -0.4 is 9.62 Å². The van der Waals surface area contributed by atoms with E-state index in [0.717, 1.165) is 62.9 Å². The van der Waals surface area contributed by atoms with Gasteiger partial charge in [-0.15, -0.1) is 0 Å². The van der Waals surface area contributed by atoms with Crippen LogP contribution in [0, 0.1) is 5.82 Å². The number of hydrogen-bond acceptors (Lipinski definition) is 4. The molecule has 1 aliphatic rings. The Balaban J connectivity index is 1.91. The summed E-state index contributed by atoms with van der Waals surface area (Å²) < 4.78 is 42.6. The van der Waals surface area contributed by atoms with Crippen molar-refractivity contribution < 1.29 is 22.4 Å². The third kappa shape index (κ3) is 7.75. The predicted molar refractivity (Wildman–Crippen MR) is 146 cm³/mol. The molecule has 0 unspecified atom stereocenters. The lowest BCUT2D eigenvalue weighted by molar-refractivity contribution is -0.139. The van der Waals surface area contributed by atoms with Gasteiger partial charge in [-0.25, -0.2) is 8.70 Å². The largest absolute Gasteiger partial charge is 0.352 e. The molecule has 0 bridgehead atoms. The van der Waals surface area contributed by atoms with Crippen molar-refractivity contribution >= 4 is 43.6 Å². The summed E-state index contributed by atoms with van der Waals surface area (Å²) in [6, 6.07) is 11.5. The first-order chi connectivity index (χ1) is 17.5. The van der Waals surface area contributed by atoms with Crippen LogP contribution in [0.1, 0.15) is 44.6 Å². The molecule has 1 N–H and O–H groups in total. The normalized spacial score (nSPS) is 15.3. The summed E-state index contributed by atoms with van der Waals surface area (Å²) in [4.78, 5) is 28.3. The highest BCUT2D eigenvalue weighted by atomic mass is 79.9. The number of nitrogens with one attached hydrogen (secondary N) is 1. The van der Waals surface area contributed by atoms with Gasteiger partial charge in [0.15, 0.2) is 0 Å². The Kier molecular flexibility index (Phi) is 10.1. The molecule has 0 aliphatic heterocycles. The Hall–Kier alpha value is -2.50. The molecule has 3 rings (SSSR count). The molecule has 0 aromatic heterocycles. The first-order valence-corrected chi connectivity index (χ1v) is 14.5. The third-order valence-electron chi connectivity index (χ3n) is 6.49. The van der Waals surface area contributed by atoms with Gasteiger partial charge in [0.1, 0.15) is 18.4 Å². The molecule has 202 valence electrons. The van der Waals surface area contributed by atoms with Crippen molar-refractivity contribution in [3.63, 3.8) is 0 Å². The molecule has 0 saturated heterocycles. The lowest BCUT2D eigenvalue weighted by Gasteiger charge is -2.34. The van der Waals surface area contributed by atoms with Crippen molar-refractivity contribution in [2.75, 3.05) is 24.9 Å². The number of nitrogens with zero attached hydrogens (tertiary/aromatic N) is 3. The first kappa shape index (κ1) is 29.1. The van der Waals surface area contributed by atoms with Gasteiger partial charge in [0.05, 0.1) is 5.69 Å². The molecule has 2 aromatic carbocycles. The predicted octanol–water partition coefficient (Wildman–Crippen LogP) is 4.07. The molecular weight excluding hydrogens is 563 g/mol. The minimum atomic E-state index is -4.09. The topological polar surface area (TPSA) is 90.0 Å². The molecule has 0 radical (unpaired) electrons. The van der Waals surface area contributed by atoms with E-state index in [0.29, 0.717) is 0 Å². The van der Waals surface area contributed by atoms with Crippen molar-refractivity contribution in [1.29, 1.82) is 0 Å². The third-order valence-corrected chi connectivity index (χ3v) is 8.81. The highest BCUT2D eigenvalue weighted by molar-refractivity contribution is 9.10. The Morgan fingerprint density at radius 1 is 1.08 bits per heavy atom. The van der Waals surface area contributed by atoms with Crippen molar-refractivity contribution in [1.82, 2.24) is 14.5 Å². The molecule has 0 heterocycles. The van der Waals surface area contributed by atoms with Crippen molar-refractivity contribution in [3.8, 4) is 0 Å². The van der Waals surface area contributed by atoms with Crippen LogP contribution in [0.3, 0.4) is 0 Å². The summed E-state index contributed by atoms with van der Waals surface area (Å²) in [5.74, 6) is -1.36. The number of benzene rings is 2. The van der Waals surface area contributed by atoms with Gasteiger partial charge in [0.2, 0.25) is 11.8 Å². The fourth-order valence-corrected chi connectivity index (χ4v) is 5.81. The first-order valence-electron chi connectivity index (χ1n) is 12.3. The fourth-order valence-electron chi connectivity index (χ4n) is 4.31. The molecule has 37 heavy (non-hydrogen) atoms. The van der Waals surface area contributed by atoms with Gasteiger partial charge in [0, 0.05) is 31.2 Å². The Morgan fingerprint density at radius 3 is 2.32 bits per heavy atom. The Labute approximate surface area is 227 Å². The van der Waals surface area contributed by atoms with E-state index in [1.807, 2.05) is 24.3 Å². The molecular formula is C26H34BrFN4O4S. The van der Waals surface area contributed by atoms with E-state index < -0.39 is 34.5 Å². The average Bonchev–Trinajstić information content (AvgIpc) is 2.86. The van der Waals surface area contributed by atoms with Crippen molar-refractivity contribution in [2.45, 2.75) is 57.7 Å². The Morgan fingerprint density at radius 2 is 1.73 bits per heavy atom. The van der Waals surface area contributed by atoms with E-state index >= 15 is 0 Å². The van der Waals surface area contributed by atoms with Crippen LogP contribution in [0.25, 0.3) is 0 Å². The zero-order valence-corrected chi connectivity index (χ0v) is 23.8. The summed E-state index contributed by atoms with van der Waals surface area (Å²) in [6.45, 7) is 1.20. The second-order valence-corrected chi connectivity index (χ2v) is 12.4. The maximum atomic E-state index is 13.7. The second kappa shape index (κ2) is 12.8. The highest BCUT2D eigenvalue weighted by Crippen LogP contribution is 2.22. The summed E-state index contributed by atoms with van der Waals surface area (Å²) in [6.07, 6.45) is 5.05. The van der Waals surface area contributed by atoms with E-state index in [2.05, 4.69) is 21.2 Å². The zero-order valence-electron chi connectivity index (χ0n) is 21.4. The molecule has 0 spiro atoms. The fraction of sp³-hybridized carbons (Fsp3) is 0.462. The number of carbonyl (C=O) groups excluding carboxylic acids is 2. The van der Waals surface area contributed by atoms with Crippen LogP contribution in [0.5, 0.6) is 0 Å². The Bertz CT molecular complexity index is 1190. The maximum Gasteiger partial charge on any atom is 0.304 e. The standard InChI is InChI=1S/C26H34BrFN4O4S/c1-19(26(34)29-23-10-5-4-6-11-23)31(17-20-8-7-9-21(27)16-20)25(33)18-32(37(35,36)30(2)3)24-14-12-22(28)13-15-24/h7-9,12-16,19,23H,4-6,10-11,17-18H2,1-3H3,(H,29,34)/t19-/m0/s1. The van der Waals surface area contributed by atoms with Gasteiger partial charge in [-0.05, 0) is 61.7 Å². The van der Waals surface area contributed by atoms with Crippen LogP contribution in [0.15, 0.2) is 53.0 Å². The second-order valence-electron chi connectivity index (χ2n) is 9.44. The van der Waals surface area contributed by atoms with Gasteiger partial charge in [-0.1, -0.05) is 47.3 Å². The zero-order chi connectivity index (χ0) is 27.2. The minimum absolute atomic E-state index is 0.0661. The molecule has 2 aromatic rings. The molecule has 2 amide bonds. The maximum absolute atomic E-state index is 13.7. The molecule has 1 atom stereocenters. The van der Waals surface area contributed by atoms with Gasteiger partial charge >= 0.3 is 10.2 Å². The number of carbonyl (C=O) groups is 2. The summed E-state index contributed by atoms with van der Waals surface area (Å²) in [5, 5.41) is 3.07. The number of halogens is 2. The van der Waals surface area contributed by atoms with Crippen LogP contribution in [-0.4, -0.2) is 62.2 Å². The van der Waals surface area contributed by atoms with Crippen LogP contribution >= 0.6 is 15.9 Å². The van der Waals surface area contributed by atoms with Crippen LogP contribution in [-0.2, 0) is 26.3 Å². The summed E-state index contributed by atoms with van der Waals surface area (Å²) in [7, 11) is -1.38. The van der Waals surface area contributed by atoms with Gasteiger partial charge in [0.25, 0.3) is 0 Å². The lowest BCUT2D eigenvalue weighted by atomic mass is 9.95. The van der Waals surface area contributed by atoms with Crippen molar-refractivity contribution in [2.24, 2.45) is 0 Å².